The predicted molar refractivity (Wildman–Crippen MR) is 133 cm³/mol. The highest BCUT2D eigenvalue weighted by Crippen LogP contribution is 2.30. The average molecular weight is 492 g/mol. The van der Waals surface area contributed by atoms with Crippen molar-refractivity contribution in [2.75, 3.05) is 17.7 Å². The van der Waals surface area contributed by atoms with E-state index in [1.807, 2.05) is 72.2 Å². The van der Waals surface area contributed by atoms with Gasteiger partial charge >= 0.3 is 0 Å². The molecular formula is C24H21N5O3S2. The Labute approximate surface area is 204 Å². The molecule has 1 N–H and O–H groups in total. The molecule has 5 rings (SSSR count). The van der Waals surface area contributed by atoms with E-state index in [0.29, 0.717) is 35.0 Å². The number of nitrogens with one attached hydrogen (secondary N) is 1. The normalized spacial score (nSPS) is 11.1. The first-order valence-electron chi connectivity index (χ1n) is 10.7. The van der Waals surface area contributed by atoms with Crippen LogP contribution >= 0.6 is 23.1 Å². The van der Waals surface area contributed by atoms with Gasteiger partial charge in [-0.3, -0.25) is 9.36 Å². The van der Waals surface area contributed by atoms with Crippen LogP contribution in [0.2, 0.25) is 0 Å². The number of carbonyl (C=O) groups excluding carboxylic acids is 1. The molecule has 172 valence electrons. The number of thioether (sulfide) groups is 1. The van der Waals surface area contributed by atoms with E-state index in [9.17, 15) is 4.79 Å². The highest BCUT2D eigenvalue weighted by Gasteiger charge is 2.18. The van der Waals surface area contributed by atoms with Crippen molar-refractivity contribution in [2.45, 2.75) is 18.6 Å². The van der Waals surface area contributed by atoms with Crippen LogP contribution in [0.4, 0.5) is 5.13 Å². The number of ether oxygens (including phenoxy) is 1. The quantitative estimate of drug-likeness (QED) is 0.279. The van der Waals surface area contributed by atoms with Crippen molar-refractivity contribution in [1.82, 2.24) is 19.7 Å². The molecule has 1 amide bonds. The average Bonchev–Trinajstić information content (AvgIpc) is 3.58. The second kappa shape index (κ2) is 10.1. The molecule has 0 atom stereocenters. The fourth-order valence-corrected chi connectivity index (χ4v) is 5.04. The van der Waals surface area contributed by atoms with Crippen LogP contribution < -0.4 is 10.1 Å². The first-order valence-corrected chi connectivity index (χ1v) is 12.5. The molecule has 10 heteroatoms. The van der Waals surface area contributed by atoms with Crippen LogP contribution in [0.25, 0.3) is 21.8 Å². The smallest absolute Gasteiger partial charge is 0.236 e. The second-order valence-corrected chi connectivity index (χ2v) is 9.25. The zero-order valence-corrected chi connectivity index (χ0v) is 19.9. The number of furan rings is 1. The number of fused-ring (bicyclic) bond motifs is 1. The summed E-state index contributed by atoms with van der Waals surface area (Å²) in [7, 11) is 0. The monoisotopic (exact) mass is 491 g/mol. The zero-order valence-electron chi connectivity index (χ0n) is 18.3. The van der Waals surface area contributed by atoms with E-state index in [-0.39, 0.29) is 11.7 Å². The van der Waals surface area contributed by atoms with E-state index in [0.717, 1.165) is 21.5 Å². The summed E-state index contributed by atoms with van der Waals surface area (Å²) in [5.41, 5.74) is 1.92. The Kier molecular flexibility index (Phi) is 6.59. The molecule has 0 aliphatic rings. The minimum Gasteiger partial charge on any atom is -0.494 e. The molecule has 0 aliphatic heterocycles. The number of aromatic nitrogens is 4. The fourth-order valence-electron chi connectivity index (χ4n) is 3.39. The Bertz CT molecular complexity index is 1400. The highest BCUT2D eigenvalue weighted by atomic mass is 32.2. The number of benzene rings is 2. The maximum Gasteiger partial charge on any atom is 0.236 e. The number of thiazole rings is 1. The number of anilines is 1. The molecule has 0 radical (unpaired) electrons. The molecule has 2 aromatic carbocycles. The van der Waals surface area contributed by atoms with Gasteiger partial charge in [0.15, 0.2) is 16.0 Å². The maximum atomic E-state index is 12.7. The molecule has 0 spiro atoms. The van der Waals surface area contributed by atoms with Gasteiger partial charge in [0.2, 0.25) is 11.7 Å². The molecule has 0 saturated carbocycles. The predicted octanol–water partition coefficient (Wildman–Crippen LogP) is 5.33. The summed E-state index contributed by atoms with van der Waals surface area (Å²) in [6.45, 7) is 3.11. The lowest BCUT2D eigenvalue weighted by molar-refractivity contribution is -0.113. The number of rotatable bonds is 9. The number of hydrogen-bond acceptors (Lipinski definition) is 8. The van der Waals surface area contributed by atoms with Crippen LogP contribution in [-0.4, -0.2) is 38.0 Å². The van der Waals surface area contributed by atoms with Crippen molar-refractivity contribution in [3.63, 3.8) is 0 Å². The van der Waals surface area contributed by atoms with Crippen molar-refractivity contribution in [2.24, 2.45) is 0 Å². The third-order valence-corrected chi connectivity index (χ3v) is 6.79. The topological polar surface area (TPSA) is 95.1 Å². The molecule has 0 unspecified atom stereocenters. The summed E-state index contributed by atoms with van der Waals surface area (Å²) in [6, 6.07) is 19.4. The van der Waals surface area contributed by atoms with Gasteiger partial charge in [0.1, 0.15) is 5.75 Å². The Morgan fingerprint density at radius 3 is 2.82 bits per heavy atom. The van der Waals surface area contributed by atoms with Crippen LogP contribution in [0.3, 0.4) is 0 Å². The lowest BCUT2D eigenvalue weighted by Gasteiger charge is -2.09. The fraction of sp³-hybridized carbons (Fsp3) is 0.167. The Balaban J connectivity index is 1.30. The van der Waals surface area contributed by atoms with Crippen molar-refractivity contribution in [3.05, 3.63) is 72.5 Å². The summed E-state index contributed by atoms with van der Waals surface area (Å²) in [6.07, 6.45) is 1.60. The van der Waals surface area contributed by atoms with Crippen LogP contribution in [0.15, 0.2) is 76.5 Å². The minimum absolute atomic E-state index is 0.164. The maximum absolute atomic E-state index is 12.7. The van der Waals surface area contributed by atoms with Gasteiger partial charge < -0.3 is 14.5 Å². The standard InChI is InChI=1S/C24H21N5O3S2/c1-2-31-17-10-11-18-20(13-17)34-23(25-18)26-21(30)15-33-24-28-27-22(19-9-6-12-32-19)29(24)14-16-7-4-3-5-8-16/h3-13H,2,14-15H2,1H3,(H,25,26,30). The lowest BCUT2D eigenvalue weighted by Crippen LogP contribution is -2.14. The summed E-state index contributed by atoms with van der Waals surface area (Å²) in [5, 5.41) is 12.7. The largest absolute Gasteiger partial charge is 0.494 e. The van der Waals surface area contributed by atoms with Crippen molar-refractivity contribution >= 4 is 44.4 Å². The van der Waals surface area contributed by atoms with Crippen molar-refractivity contribution < 1.29 is 13.9 Å². The summed E-state index contributed by atoms with van der Waals surface area (Å²) >= 11 is 2.74. The van der Waals surface area contributed by atoms with Gasteiger partial charge in [-0.15, -0.1) is 10.2 Å². The second-order valence-electron chi connectivity index (χ2n) is 7.27. The van der Waals surface area contributed by atoms with Crippen molar-refractivity contribution in [1.29, 1.82) is 0 Å². The molecule has 5 aromatic rings. The van der Waals surface area contributed by atoms with Gasteiger partial charge in [-0.05, 0) is 42.8 Å². The van der Waals surface area contributed by atoms with Gasteiger partial charge in [-0.25, -0.2) is 4.98 Å². The third-order valence-electron chi connectivity index (χ3n) is 4.89. The minimum atomic E-state index is -0.164. The molecule has 0 bridgehead atoms. The van der Waals surface area contributed by atoms with Gasteiger partial charge in [0.05, 0.1) is 35.4 Å². The van der Waals surface area contributed by atoms with E-state index in [2.05, 4.69) is 20.5 Å². The molecule has 0 aliphatic carbocycles. The van der Waals surface area contributed by atoms with Crippen molar-refractivity contribution in [3.8, 4) is 17.3 Å². The summed E-state index contributed by atoms with van der Waals surface area (Å²) in [5.74, 6) is 2.04. The third kappa shape index (κ3) is 4.97. The molecule has 0 fully saturated rings. The SMILES string of the molecule is CCOc1ccc2nc(NC(=O)CSc3nnc(-c4ccco4)n3Cc3ccccc3)sc2c1. The van der Waals surface area contributed by atoms with Gasteiger partial charge in [-0.1, -0.05) is 53.4 Å². The highest BCUT2D eigenvalue weighted by molar-refractivity contribution is 7.99. The Hall–Kier alpha value is -3.63. The molecule has 3 heterocycles. The van der Waals surface area contributed by atoms with Crippen LogP contribution in [-0.2, 0) is 11.3 Å². The first-order chi connectivity index (χ1) is 16.7. The number of nitrogens with zero attached hydrogens (tertiary/aromatic N) is 4. The number of hydrogen-bond donors (Lipinski definition) is 1. The van der Waals surface area contributed by atoms with E-state index in [1.165, 1.54) is 23.1 Å². The first kappa shape index (κ1) is 22.2. The number of amides is 1. The molecule has 8 nitrogen and oxygen atoms in total. The van der Waals surface area contributed by atoms with E-state index >= 15 is 0 Å². The van der Waals surface area contributed by atoms with E-state index < -0.39 is 0 Å². The lowest BCUT2D eigenvalue weighted by atomic mass is 10.2. The van der Waals surface area contributed by atoms with Crippen LogP contribution in [0.5, 0.6) is 5.75 Å². The van der Waals surface area contributed by atoms with Gasteiger partial charge in [0, 0.05) is 0 Å². The molecule has 0 saturated heterocycles. The molecular weight excluding hydrogens is 470 g/mol. The van der Waals surface area contributed by atoms with E-state index in [1.54, 1.807) is 6.26 Å². The Morgan fingerprint density at radius 1 is 1.15 bits per heavy atom. The molecule has 34 heavy (non-hydrogen) atoms. The Morgan fingerprint density at radius 2 is 2.03 bits per heavy atom. The molecule has 3 aromatic heterocycles. The van der Waals surface area contributed by atoms with E-state index in [4.69, 9.17) is 9.15 Å². The summed E-state index contributed by atoms with van der Waals surface area (Å²) < 4.78 is 14.0. The number of carbonyl (C=O) groups is 1. The van der Waals surface area contributed by atoms with Gasteiger partial charge in [-0.2, -0.15) is 0 Å². The van der Waals surface area contributed by atoms with Gasteiger partial charge in [0.25, 0.3) is 0 Å². The van der Waals surface area contributed by atoms with Crippen LogP contribution in [0.1, 0.15) is 12.5 Å². The zero-order chi connectivity index (χ0) is 23.3. The van der Waals surface area contributed by atoms with Crippen LogP contribution in [0, 0.1) is 0 Å². The summed E-state index contributed by atoms with van der Waals surface area (Å²) in [4.78, 5) is 17.2.